The molecule has 144 valence electrons. The summed E-state index contributed by atoms with van der Waals surface area (Å²) in [5.41, 5.74) is 0.464. The molecule has 6 heteroatoms. The van der Waals surface area contributed by atoms with Gasteiger partial charge in [-0.25, -0.2) is 0 Å². The third-order valence-electron chi connectivity index (χ3n) is 5.75. The number of rotatable bonds is 6. The van der Waals surface area contributed by atoms with Gasteiger partial charge in [0.2, 0.25) is 5.91 Å². The van der Waals surface area contributed by atoms with Crippen LogP contribution in [0.2, 0.25) is 0 Å². The van der Waals surface area contributed by atoms with Crippen LogP contribution in [0.5, 0.6) is 0 Å². The van der Waals surface area contributed by atoms with Crippen molar-refractivity contribution in [2.24, 2.45) is 5.41 Å². The number of aryl methyl sites for hydroxylation is 1. The molecule has 1 aromatic heterocycles. The van der Waals surface area contributed by atoms with E-state index >= 15 is 0 Å². The Balaban J connectivity index is 1.67. The maximum atomic E-state index is 12.9. The van der Waals surface area contributed by atoms with Gasteiger partial charge >= 0.3 is 0 Å². The first-order valence-corrected chi connectivity index (χ1v) is 10.1. The molecule has 0 aliphatic carbocycles. The molecule has 2 saturated heterocycles. The van der Waals surface area contributed by atoms with E-state index in [1.807, 2.05) is 9.80 Å². The maximum absolute atomic E-state index is 12.9. The van der Waals surface area contributed by atoms with Crippen LogP contribution >= 0.6 is 0 Å². The molecule has 0 bridgehead atoms. The van der Waals surface area contributed by atoms with Crippen molar-refractivity contribution in [1.29, 1.82) is 0 Å². The molecule has 1 atom stereocenters. The number of hydrogen-bond donors (Lipinski definition) is 0. The van der Waals surface area contributed by atoms with Crippen molar-refractivity contribution in [3.05, 3.63) is 17.5 Å². The zero-order valence-corrected chi connectivity index (χ0v) is 16.1. The molecule has 2 amide bonds. The lowest BCUT2D eigenvalue weighted by Gasteiger charge is -2.48. The zero-order valence-electron chi connectivity index (χ0n) is 16.1. The van der Waals surface area contributed by atoms with E-state index < -0.39 is 0 Å². The summed E-state index contributed by atoms with van der Waals surface area (Å²) in [6, 6.07) is 1.78. The molecule has 1 spiro atoms. The van der Waals surface area contributed by atoms with Gasteiger partial charge in [0.15, 0.2) is 5.69 Å². The summed E-state index contributed by atoms with van der Waals surface area (Å²) in [6.45, 7) is 7.34. The number of carbonyl (C=O) groups excluding carboxylic acids is 2. The number of hydrogen-bond acceptors (Lipinski definition) is 4. The van der Waals surface area contributed by atoms with Gasteiger partial charge in [0.1, 0.15) is 5.76 Å². The van der Waals surface area contributed by atoms with E-state index in [1.54, 1.807) is 6.07 Å². The van der Waals surface area contributed by atoms with Crippen LogP contribution in [0.25, 0.3) is 0 Å². The van der Waals surface area contributed by atoms with Crippen molar-refractivity contribution in [3.63, 3.8) is 0 Å². The van der Waals surface area contributed by atoms with Gasteiger partial charge in [0, 0.05) is 50.5 Å². The molecule has 0 saturated carbocycles. The topological polar surface area (TPSA) is 66.7 Å². The lowest BCUT2D eigenvalue weighted by Crippen LogP contribution is -2.55. The van der Waals surface area contributed by atoms with E-state index in [1.165, 1.54) is 0 Å². The van der Waals surface area contributed by atoms with Crippen LogP contribution in [-0.4, -0.2) is 52.9 Å². The molecule has 2 fully saturated rings. The molecule has 2 aliphatic rings. The smallest absolute Gasteiger partial charge is 0.276 e. The lowest BCUT2D eigenvalue weighted by atomic mass is 9.73. The average Bonchev–Trinajstić information content (AvgIpc) is 3.11. The minimum atomic E-state index is -0.0350. The standard InChI is InChI=1S/C20H31N3O3/c1-3-5-11-22-14-20(10-8-18(22)24)9-6-12-23(15-20)19(25)17-13-16(7-4-2)26-21-17/h13H,3-12,14-15H2,1-2H3/t20-/m0/s1. The number of aromatic nitrogens is 1. The maximum Gasteiger partial charge on any atom is 0.276 e. The summed E-state index contributed by atoms with van der Waals surface area (Å²) in [5.74, 6) is 1.01. The third kappa shape index (κ3) is 4.10. The molecule has 3 heterocycles. The zero-order chi connectivity index (χ0) is 18.6. The summed E-state index contributed by atoms with van der Waals surface area (Å²) in [5, 5.41) is 3.98. The SMILES string of the molecule is CCCCN1C[C@]2(CCCN(C(=O)c3cc(CCC)on3)C2)CCC1=O. The molecule has 0 unspecified atom stereocenters. The van der Waals surface area contributed by atoms with Crippen LogP contribution in [0.4, 0.5) is 0 Å². The molecular formula is C20H31N3O3. The van der Waals surface area contributed by atoms with Crippen LogP contribution < -0.4 is 0 Å². The van der Waals surface area contributed by atoms with E-state index in [9.17, 15) is 9.59 Å². The first kappa shape index (κ1) is 18.9. The fourth-order valence-corrected chi connectivity index (χ4v) is 4.31. The first-order chi connectivity index (χ1) is 12.6. The Kier molecular flexibility index (Phi) is 5.99. The fraction of sp³-hybridized carbons (Fsp3) is 0.750. The molecule has 3 rings (SSSR count). The first-order valence-electron chi connectivity index (χ1n) is 10.1. The van der Waals surface area contributed by atoms with Gasteiger partial charge in [-0.15, -0.1) is 0 Å². The second-order valence-electron chi connectivity index (χ2n) is 7.93. The van der Waals surface area contributed by atoms with E-state index in [0.29, 0.717) is 12.1 Å². The second kappa shape index (κ2) is 8.23. The van der Waals surface area contributed by atoms with Gasteiger partial charge in [-0.3, -0.25) is 9.59 Å². The van der Waals surface area contributed by atoms with E-state index in [2.05, 4.69) is 19.0 Å². The molecule has 26 heavy (non-hydrogen) atoms. The van der Waals surface area contributed by atoms with Crippen LogP contribution in [0.15, 0.2) is 10.6 Å². The van der Waals surface area contributed by atoms with Crippen LogP contribution in [-0.2, 0) is 11.2 Å². The third-order valence-corrected chi connectivity index (χ3v) is 5.75. The minimum absolute atomic E-state index is 0.0350. The minimum Gasteiger partial charge on any atom is -0.361 e. The predicted octanol–water partition coefficient (Wildman–Crippen LogP) is 3.27. The molecule has 1 aromatic rings. The number of amides is 2. The van der Waals surface area contributed by atoms with Crippen LogP contribution in [0.3, 0.4) is 0 Å². The molecule has 2 aliphatic heterocycles. The van der Waals surface area contributed by atoms with Crippen molar-refractivity contribution >= 4 is 11.8 Å². The number of carbonyl (C=O) groups is 2. The number of piperidine rings is 2. The van der Waals surface area contributed by atoms with Crippen molar-refractivity contribution in [3.8, 4) is 0 Å². The van der Waals surface area contributed by atoms with Gasteiger partial charge in [-0.1, -0.05) is 25.4 Å². The van der Waals surface area contributed by atoms with Crippen molar-refractivity contribution in [2.75, 3.05) is 26.2 Å². The summed E-state index contributed by atoms with van der Waals surface area (Å²) >= 11 is 0. The molecule has 0 N–H and O–H groups in total. The highest BCUT2D eigenvalue weighted by Gasteiger charge is 2.42. The summed E-state index contributed by atoms with van der Waals surface area (Å²) < 4.78 is 5.28. The normalized spacial score (nSPS) is 23.7. The van der Waals surface area contributed by atoms with Crippen LogP contribution in [0, 0.1) is 5.41 Å². The number of nitrogens with zero attached hydrogens (tertiary/aromatic N) is 3. The monoisotopic (exact) mass is 361 g/mol. The van der Waals surface area contributed by atoms with E-state index in [4.69, 9.17) is 4.52 Å². The Morgan fingerprint density at radius 3 is 2.88 bits per heavy atom. The van der Waals surface area contributed by atoms with E-state index in [-0.39, 0.29) is 17.2 Å². The van der Waals surface area contributed by atoms with Gasteiger partial charge in [-0.05, 0) is 32.1 Å². The Hall–Kier alpha value is -1.85. The Labute approximate surface area is 155 Å². The summed E-state index contributed by atoms with van der Waals surface area (Å²) in [4.78, 5) is 29.1. The molecule has 0 radical (unpaired) electrons. The molecular weight excluding hydrogens is 330 g/mol. The highest BCUT2D eigenvalue weighted by atomic mass is 16.5. The van der Waals surface area contributed by atoms with Crippen LogP contribution in [0.1, 0.15) is 75.0 Å². The van der Waals surface area contributed by atoms with Gasteiger partial charge in [-0.2, -0.15) is 0 Å². The Bertz CT molecular complexity index is 642. The van der Waals surface area contributed by atoms with Crippen molar-refractivity contribution < 1.29 is 14.1 Å². The highest BCUT2D eigenvalue weighted by Crippen LogP contribution is 2.39. The predicted molar refractivity (Wildman–Crippen MR) is 98.8 cm³/mol. The molecule has 0 aromatic carbocycles. The Morgan fingerprint density at radius 2 is 2.12 bits per heavy atom. The quantitative estimate of drug-likeness (QED) is 0.780. The highest BCUT2D eigenvalue weighted by molar-refractivity contribution is 5.92. The summed E-state index contributed by atoms with van der Waals surface area (Å²) in [7, 11) is 0. The fourth-order valence-electron chi connectivity index (χ4n) is 4.31. The lowest BCUT2D eigenvalue weighted by molar-refractivity contribution is -0.139. The average molecular weight is 361 g/mol. The van der Waals surface area contributed by atoms with Gasteiger partial charge in [0.25, 0.3) is 5.91 Å². The largest absolute Gasteiger partial charge is 0.361 e. The van der Waals surface area contributed by atoms with Gasteiger partial charge < -0.3 is 14.3 Å². The number of unbranched alkanes of at least 4 members (excludes halogenated alkanes) is 1. The molecule has 6 nitrogen and oxygen atoms in total. The van der Waals surface area contributed by atoms with Crippen molar-refractivity contribution in [1.82, 2.24) is 15.0 Å². The summed E-state index contributed by atoms with van der Waals surface area (Å²) in [6.07, 6.45) is 7.48. The number of likely N-dealkylation sites (tertiary alicyclic amines) is 2. The van der Waals surface area contributed by atoms with E-state index in [0.717, 1.165) is 76.9 Å². The van der Waals surface area contributed by atoms with Crippen molar-refractivity contribution in [2.45, 2.75) is 65.2 Å². The Morgan fingerprint density at radius 1 is 1.27 bits per heavy atom. The second-order valence-corrected chi connectivity index (χ2v) is 7.93. The van der Waals surface area contributed by atoms with Gasteiger partial charge in [0.05, 0.1) is 0 Å².